The van der Waals surface area contributed by atoms with Crippen molar-refractivity contribution in [1.29, 1.82) is 0 Å². The van der Waals surface area contributed by atoms with Gasteiger partial charge in [0.05, 0.1) is 6.61 Å². The number of pyridine rings is 1. The first-order chi connectivity index (χ1) is 8.97. The van der Waals surface area contributed by atoms with Crippen molar-refractivity contribution in [3.8, 4) is 0 Å². The maximum atomic E-state index is 12.5. The highest BCUT2D eigenvalue weighted by Crippen LogP contribution is 2.06. The summed E-state index contributed by atoms with van der Waals surface area (Å²) in [4.78, 5) is 12.5. The zero-order chi connectivity index (χ0) is 14.4. The number of nitrogens with zero attached hydrogens (tertiary/aromatic N) is 1. The lowest BCUT2D eigenvalue weighted by atomic mass is 10.1. The van der Waals surface area contributed by atoms with Gasteiger partial charge >= 0.3 is 0 Å². The predicted molar refractivity (Wildman–Crippen MR) is 78.6 cm³/mol. The summed E-state index contributed by atoms with van der Waals surface area (Å²) in [5, 5.41) is 3.34. The van der Waals surface area contributed by atoms with Crippen molar-refractivity contribution in [3.05, 3.63) is 33.2 Å². The second-order valence-electron chi connectivity index (χ2n) is 5.42. The van der Waals surface area contributed by atoms with Gasteiger partial charge in [0.15, 0.2) is 0 Å². The SMILES string of the molecule is COCCn1c(C)cc(C)c(CNCC(C)C)c1=O. The Morgan fingerprint density at radius 2 is 2.05 bits per heavy atom. The summed E-state index contributed by atoms with van der Waals surface area (Å²) in [6.07, 6.45) is 0. The third-order valence-corrected chi connectivity index (χ3v) is 3.20. The van der Waals surface area contributed by atoms with E-state index in [0.717, 1.165) is 23.4 Å². The minimum atomic E-state index is 0.103. The average molecular weight is 266 g/mol. The fraction of sp³-hybridized carbons (Fsp3) is 0.667. The van der Waals surface area contributed by atoms with Crippen LogP contribution < -0.4 is 10.9 Å². The lowest BCUT2D eigenvalue weighted by molar-refractivity contribution is 0.185. The third kappa shape index (κ3) is 4.48. The zero-order valence-corrected chi connectivity index (χ0v) is 12.7. The van der Waals surface area contributed by atoms with Gasteiger partial charge in [0.1, 0.15) is 0 Å². The maximum Gasteiger partial charge on any atom is 0.255 e. The Kier molecular flexibility index (Phi) is 6.25. The second-order valence-corrected chi connectivity index (χ2v) is 5.42. The van der Waals surface area contributed by atoms with Crippen molar-refractivity contribution < 1.29 is 4.74 Å². The third-order valence-electron chi connectivity index (χ3n) is 3.20. The van der Waals surface area contributed by atoms with E-state index in [4.69, 9.17) is 4.74 Å². The molecule has 4 heteroatoms. The van der Waals surface area contributed by atoms with Gasteiger partial charge < -0.3 is 14.6 Å². The molecule has 19 heavy (non-hydrogen) atoms. The summed E-state index contributed by atoms with van der Waals surface area (Å²) in [5.41, 5.74) is 3.02. The number of aryl methyl sites for hydroxylation is 2. The first-order valence-electron chi connectivity index (χ1n) is 6.87. The van der Waals surface area contributed by atoms with Crippen LogP contribution in [0.5, 0.6) is 0 Å². The van der Waals surface area contributed by atoms with Crippen molar-refractivity contribution in [2.75, 3.05) is 20.3 Å². The fourth-order valence-electron chi connectivity index (χ4n) is 2.13. The predicted octanol–water partition coefficient (Wildman–Crippen LogP) is 1.86. The highest BCUT2D eigenvalue weighted by molar-refractivity contribution is 5.26. The molecule has 0 atom stereocenters. The molecule has 4 nitrogen and oxygen atoms in total. The molecule has 1 aromatic heterocycles. The minimum absolute atomic E-state index is 0.103. The van der Waals surface area contributed by atoms with E-state index in [-0.39, 0.29) is 5.56 Å². The molecule has 1 rings (SSSR count). The number of nitrogens with one attached hydrogen (secondary N) is 1. The molecular formula is C15H26N2O2. The molecule has 0 saturated heterocycles. The Morgan fingerprint density at radius 1 is 1.37 bits per heavy atom. The number of aromatic nitrogens is 1. The molecule has 0 aliphatic carbocycles. The summed E-state index contributed by atoms with van der Waals surface area (Å²) in [6, 6.07) is 2.07. The first-order valence-corrected chi connectivity index (χ1v) is 6.87. The van der Waals surface area contributed by atoms with E-state index in [9.17, 15) is 4.79 Å². The minimum Gasteiger partial charge on any atom is -0.383 e. The Labute approximate surface area is 115 Å². The maximum absolute atomic E-state index is 12.5. The molecule has 0 fully saturated rings. The second kappa shape index (κ2) is 7.46. The number of hydrogen-bond donors (Lipinski definition) is 1. The van der Waals surface area contributed by atoms with Gasteiger partial charge in [0.2, 0.25) is 0 Å². The quantitative estimate of drug-likeness (QED) is 0.819. The van der Waals surface area contributed by atoms with Crippen LogP contribution >= 0.6 is 0 Å². The highest BCUT2D eigenvalue weighted by atomic mass is 16.5. The van der Waals surface area contributed by atoms with Gasteiger partial charge in [-0.1, -0.05) is 13.8 Å². The van der Waals surface area contributed by atoms with Crippen molar-refractivity contribution in [1.82, 2.24) is 9.88 Å². The summed E-state index contributed by atoms with van der Waals surface area (Å²) in [7, 11) is 1.65. The molecule has 0 aliphatic rings. The molecule has 108 valence electrons. The number of methoxy groups -OCH3 is 1. The van der Waals surface area contributed by atoms with E-state index < -0.39 is 0 Å². The van der Waals surface area contributed by atoms with Gasteiger partial charge in [0.25, 0.3) is 5.56 Å². The molecule has 0 aliphatic heterocycles. The van der Waals surface area contributed by atoms with Gasteiger partial charge in [0, 0.05) is 31.5 Å². The highest BCUT2D eigenvalue weighted by Gasteiger charge is 2.10. The van der Waals surface area contributed by atoms with Gasteiger partial charge in [-0.3, -0.25) is 4.79 Å². The summed E-state index contributed by atoms with van der Waals surface area (Å²) >= 11 is 0. The molecular weight excluding hydrogens is 240 g/mol. The van der Waals surface area contributed by atoms with E-state index in [1.807, 2.05) is 13.8 Å². The molecule has 1 aromatic rings. The lowest BCUT2D eigenvalue weighted by Crippen LogP contribution is -2.31. The van der Waals surface area contributed by atoms with E-state index in [1.54, 1.807) is 11.7 Å². The van der Waals surface area contributed by atoms with Crippen LogP contribution in [0.25, 0.3) is 0 Å². The molecule has 1 N–H and O–H groups in total. The largest absolute Gasteiger partial charge is 0.383 e. The molecule has 1 heterocycles. The van der Waals surface area contributed by atoms with E-state index in [1.165, 1.54) is 0 Å². The standard InChI is InChI=1S/C15H26N2O2/c1-11(2)9-16-10-14-12(3)8-13(4)17(15(14)18)6-7-19-5/h8,11,16H,6-7,9-10H2,1-5H3. The molecule has 0 bridgehead atoms. The van der Waals surface area contributed by atoms with Crippen LogP contribution in [0.4, 0.5) is 0 Å². The lowest BCUT2D eigenvalue weighted by Gasteiger charge is -2.15. The summed E-state index contributed by atoms with van der Waals surface area (Å²) in [6.45, 7) is 11.0. The van der Waals surface area contributed by atoms with Crippen LogP contribution in [-0.2, 0) is 17.8 Å². The van der Waals surface area contributed by atoms with Crippen LogP contribution in [0.15, 0.2) is 10.9 Å². The summed E-state index contributed by atoms with van der Waals surface area (Å²) < 4.78 is 6.86. The molecule has 0 amide bonds. The zero-order valence-electron chi connectivity index (χ0n) is 12.7. The average Bonchev–Trinajstić information content (AvgIpc) is 2.32. The number of hydrogen-bond acceptors (Lipinski definition) is 3. The monoisotopic (exact) mass is 266 g/mol. The number of ether oxygens (including phenoxy) is 1. The van der Waals surface area contributed by atoms with Gasteiger partial charge in [-0.15, -0.1) is 0 Å². The fourth-order valence-corrected chi connectivity index (χ4v) is 2.13. The molecule has 0 aromatic carbocycles. The van der Waals surface area contributed by atoms with Crippen LogP contribution in [0.1, 0.15) is 30.7 Å². The van der Waals surface area contributed by atoms with Crippen molar-refractivity contribution in [3.63, 3.8) is 0 Å². The van der Waals surface area contributed by atoms with E-state index >= 15 is 0 Å². The topological polar surface area (TPSA) is 43.3 Å². The van der Waals surface area contributed by atoms with Crippen LogP contribution in [0.3, 0.4) is 0 Å². The normalized spacial score (nSPS) is 11.3. The Morgan fingerprint density at radius 3 is 2.63 bits per heavy atom. The Bertz CT molecular complexity index is 464. The molecule has 0 radical (unpaired) electrons. The van der Waals surface area contributed by atoms with Crippen molar-refractivity contribution in [2.24, 2.45) is 5.92 Å². The van der Waals surface area contributed by atoms with Crippen molar-refractivity contribution in [2.45, 2.75) is 40.8 Å². The molecule has 0 spiro atoms. The van der Waals surface area contributed by atoms with Crippen LogP contribution in [-0.4, -0.2) is 24.8 Å². The van der Waals surface area contributed by atoms with Gasteiger partial charge in [-0.05, 0) is 37.9 Å². The molecule has 0 unspecified atom stereocenters. The molecule has 0 saturated carbocycles. The first kappa shape index (κ1) is 15.9. The van der Waals surface area contributed by atoms with E-state index in [2.05, 4.69) is 25.2 Å². The van der Waals surface area contributed by atoms with Gasteiger partial charge in [-0.2, -0.15) is 0 Å². The van der Waals surface area contributed by atoms with Gasteiger partial charge in [-0.25, -0.2) is 0 Å². The van der Waals surface area contributed by atoms with Crippen molar-refractivity contribution >= 4 is 0 Å². The number of rotatable bonds is 7. The van der Waals surface area contributed by atoms with Crippen LogP contribution in [0, 0.1) is 19.8 Å². The van der Waals surface area contributed by atoms with Crippen LogP contribution in [0.2, 0.25) is 0 Å². The Hall–Kier alpha value is -1.13. The summed E-state index contributed by atoms with van der Waals surface area (Å²) in [5.74, 6) is 0.585. The smallest absolute Gasteiger partial charge is 0.255 e. The Balaban J connectivity index is 2.93. The van der Waals surface area contributed by atoms with E-state index in [0.29, 0.717) is 25.6 Å².